The number of phenolic OH excluding ortho intramolecular Hbond substituents is 1. The van der Waals surface area contributed by atoms with Crippen LogP contribution in [0.4, 0.5) is 0 Å². The number of carbonyl (C=O) groups is 1. The zero-order valence-corrected chi connectivity index (χ0v) is 15.0. The minimum Gasteiger partial charge on any atom is -0.507 e. The van der Waals surface area contributed by atoms with Gasteiger partial charge in [0, 0.05) is 31.1 Å². The van der Waals surface area contributed by atoms with Gasteiger partial charge in [-0.2, -0.15) is 0 Å². The Bertz CT molecular complexity index is 836. The van der Waals surface area contributed by atoms with E-state index in [-0.39, 0.29) is 11.7 Å². The molecule has 0 radical (unpaired) electrons. The maximum Gasteiger partial charge on any atom is 0.241 e. The molecule has 1 fully saturated rings. The van der Waals surface area contributed by atoms with Crippen LogP contribution < -0.4 is 10.1 Å². The Kier molecular flexibility index (Phi) is 4.32. The van der Waals surface area contributed by atoms with Crippen LogP contribution in [-0.2, 0) is 24.3 Å². The van der Waals surface area contributed by atoms with Crippen molar-refractivity contribution in [2.45, 2.75) is 37.9 Å². The summed E-state index contributed by atoms with van der Waals surface area (Å²) >= 11 is 0. The SMILES string of the molecule is COc1ccc(CN2CCCC23Cc2ccccc2CNC3=O)c(O)c1. The molecule has 1 amide bonds. The van der Waals surface area contributed by atoms with Crippen molar-refractivity contribution in [1.29, 1.82) is 0 Å². The van der Waals surface area contributed by atoms with Crippen molar-refractivity contribution >= 4 is 5.91 Å². The van der Waals surface area contributed by atoms with Gasteiger partial charge in [0.1, 0.15) is 17.0 Å². The number of nitrogens with zero attached hydrogens (tertiary/aromatic N) is 1. The van der Waals surface area contributed by atoms with Crippen LogP contribution in [0.3, 0.4) is 0 Å². The largest absolute Gasteiger partial charge is 0.507 e. The number of ether oxygens (including phenoxy) is 1. The highest BCUT2D eigenvalue weighted by molar-refractivity contribution is 5.87. The van der Waals surface area contributed by atoms with Crippen LogP contribution in [0.5, 0.6) is 11.5 Å². The summed E-state index contributed by atoms with van der Waals surface area (Å²) < 4.78 is 5.16. The molecule has 0 aromatic heterocycles. The van der Waals surface area contributed by atoms with E-state index in [4.69, 9.17) is 4.74 Å². The molecule has 0 aliphatic carbocycles. The van der Waals surface area contributed by atoms with Gasteiger partial charge in [0.05, 0.1) is 7.11 Å². The Balaban J connectivity index is 1.66. The van der Waals surface area contributed by atoms with Crippen LogP contribution in [0, 0.1) is 0 Å². The molecular weight excluding hydrogens is 328 g/mol. The number of rotatable bonds is 3. The van der Waals surface area contributed by atoms with Gasteiger partial charge in [-0.1, -0.05) is 30.3 Å². The van der Waals surface area contributed by atoms with E-state index in [1.165, 1.54) is 11.1 Å². The molecular formula is C21H24N2O3. The lowest BCUT2D eigenvalue weighted by Crippen LogP contribution is -2.55. The fraction of sp³-hybridized carbons (Fsp3) is 0.381. The first-order valence-corrected chi connectivity index (χ1v) is 9.08. The lowest BCUT2D eigenvalue weighted by molar-refractivity contribution is -0.132. The van der Waals surface area contributed by atoms with Gasteiger partial charge in [0.25, 0.3) is 0 Å². The van der Waals surface area contributed by atoms with Gasteiger partial charge < -0.3 is 15.2 Å². The van der Waals surface area contributed by atoms with Gasteiger partial charge in [0.15, 0.2) is 0 Å². The minimum atomic E-state index is -0.543. The highest BCUT2D eigenvalue weighted by atomic mass is 16.5. The molecule has 2 N–H and O–H groups in total. The van der Waals surface area contributed by atoms with Crippen molar-refractivity contribution in [3.63, 3.8) is 0 Å². The molecule has 0 saturated carbocycles. The van der Waals surface area contributed by atoms with Gasteiger partial charge in [-0.15, -0.1) is 0 Å². The van der Waals surface area contributed by atoms with Crippen molar-refractivity contribution in [2.75, 3.05) is 13.7 Å². The third kappa shape index (κ3) is 2.82. The molecule has 2 aliphatic heterocycles. The van der Waals surface area contributed by atoms with Crippen molar-refractivity contribution in [3.8, 4) is 11.5 Å². The van der Waals surface area contributed by atoms with E-state index in [0.717, 1.165) is 24.9 Å². The van der Waals surface area contributed by atoms with Crippen LogP contribution in [-0.4, -0.2) is 35.1 Å². The summed E-state index contributed by atoms with van der Waals surface area (Å²) in [5.74, 6) is 0.934. The van der Waals surface area contributed by atoms with Crippen molar-refractivity contribution in [3.05, 3.63) is 59.2 Å². The Morgan fingerprint density at radius 3 is 2.81 bits per heavy atom. The highest BCUT2D eigenvalue weighted by Crippen LogP contribution is 2.38. The van der Waals surface area contributed by atoms with E-state index in [1.807, 2.05) is 24.3 Å². The lowest BCUT2D eigenvalue weighted by atomic mass is 9.86. The molecule has 26 heavy (non-hydrogen) atoms. The normalized spacial score (nSPS) is 22.7. The number of likely N-dealkylation sites (tertiary alicyclic amines) is 1. The number of hydrogen-bond acceptors (Lipinski definition) is 4. The Hall–Kier alpha value is -2.53. The van der Waals surface area contributed by atoms with E-state index >= 15 is 0 Å². The van der Waals surface area contributed by atoms with Crippen LogP contribution in [0.25, 0.3) is 0 Å². The van der Waals surface area contributed by atoms with Gasteiger partial charge in [-0.3, -0.25) is 9.69 Å². The molecule has 1 unspecified atom stereocenters. The number of fused-ring (bicyclic) bond motifs is 1. The second kappa shape index (κ2) is 6.65. The quantitative estimate of drug-likeness (QED) is 0.891. The number of amides is 1. The summed E-state index contributed by atoms with van der Waals surface area (Å²) in [6.07, 6.45) is 2.53. The monoisotopic (exact) mass is 352 g/mol. The molecule has 1 atom stereocenters. The molecule has 136 valence electrons. The summed E-state index contributed by atoms with van der Waals surface area (Å²) in [7, 11) is 1.58. The van der Waals surface area contributed by atoms with Gasteiger partial charge in [-0.25, -0.2) is 0 Å². The van der Waals surface area contributed by atoms with E-state index in [1.54, 1.807) is 13.2 Å². The van der Waals surface area contributed by atoms with Crippen LogP contribution >= 0.6 is 0 Å². The standard InChI is InChI=1S/C21H24N2O3/c1-26-18-8-7-17(19(24)11-18)14-23-10-4-9-21(23)12-15-5-2-3-6-16(15)13-22-20(21)25/h2-3,5-8,11,24H,4,9-10,12-14H2,1H3,(H,22,25). The number of hydrogen-bond donors (Lipinski definition) is 2. The molecule has 4 rings (SSSR count). The summed E-state index contributed by atoms with van der Waals surface area (Å²) in [6, 6.07) is 13.6. The summed E-state index contributed by atoms with van der Waals surface area (Å²) in [5.41, 5.74) is 2.70. The van der Waals surface area contributed by atoms with Gasteiger partial charge >= 0.3 is 0 Å². The molecule has 1 spiro atoms. The maximum atomic E-state index is 13.1. The fourth-order valence-corrected chi connectivity index (χ4v) is 4.27. The van der Waals surface area contributed by atoms with Crippen molar-refractivity contribution in [1.82, 2.24) is 10.2 Å². The number of methoxy groups -OCH3 is 1. The predicted molar refractivity (Wildman–Crippen MR) is 99.0 cm³/mol. The van der Waals surface area contributed by atoms with Crippen LogP contribution in [0.15, 0.2) is 42.5 Å². The van der Waals surface area contributed by atoms with Gasteiger partial charge in [-0.05, 0) is 36.6 Å². The van der Waals surface area contributed by atoms with E-state index in [2.05, 4.69) is 22.3 Å². The van der Waals surface area contributed by atoms with E-state index in [0.29, 0.717) is 25.3 Å². The van der Waals surface area contributed by atoms with Crippen molar-refractivity contribution < 1.29 is 14.6 Å². The van der Waals surface area contributed by atoms with Gasteiger partial charge in [0.2, 0.25) is 5.91 Å². The number of carbonyl (C=O) groups excluding carboxylic acids is 1. The number of aromatic hydroxyl groups is 1. The summed E-state index contributed by atoms with van der Waals surface area (Å²) in [4.78, 5) is 15.3. The smallest absolute Gasteiger partial charge is 0.241 e. The third-order valence-corrected chi connectivity index (χ3v) is 5.74. The molecule has 0 bridgehead atoms. The molecule has 5 nitrogen and oxygen atoms in total. The second-order valence-electron chi connectivity index (χ2n) is 7.18. The number of phenols is 1. The Morgan fingerprint density at radius 2 is 2.04 bits per heavy atom. The second-order valence-corrected chi connectivity index (χ2v) is 7.18. The van der Waals surface area contributed by atoms with Crippen LogP contribution in [0.1, 0.15) is 29.5 Å². The fourth-order valence-electron chi connectivity index (χ4n) is 4.27. The third-order valence-electron chi connectivity index (χ3n) is 5.74. The first kappa shape index (κ1) is 16.9. The minimum absolute atomic E-state index is 0.0965. The Labute approximate surface area is 153 Å². The average molecular weight is 352 g/mol. The average Bonchev–Trinajstić information content (AvgIpc) is 2.98. The zero-order valence-electron chi connectivity index (χ0n) is 15.0. The summed E-state index contributed by atoms with van der Waals surface area (Å²) in [5, 5.41) is 13.5. The number of benzene rings is 2. The first-order valence-electron chi connectivity index (χ1n) is 9.08. The van der Waals surface area contributed by atoms with E-state index in [9.17, 15) is 9.90 Å². The van der Waals surface area contributed by atoms with Crippen molar-refractivity contribution in [2.24, 2.45) is 0 Å². The van der Waals surface area contributed by atoms with E-state index < -0.39 is 5.54 Å². The molecule has 2 heterocycles. The maximum absolute atomic E-state index is 13.1. The zero-order chi connectivity index (χ0) is 18.1. The molecule has 2 aromatic rings. The number of nitrogens with one attached hydrogen (secondary N) is 1. The van der Waals surface area contributed by atoms with Crippen LogP contribution in [0.2, 0.25) is 0 Å². The topological polar surface area (TPSA) is 61.8 Å². The Morgan fingerprint density at radius 1 is 1.23 bits per heavy atom. The lowest BCUT2D eigenvalue weighted by Gasteiger charge is -2.36. The molecule has 5 heteroatoms. The highest BCUT2D eigenvalue weighted by Gasteiger charge is 2.48. The summed E-state index contributed by atoms with van der Waals surface area (Å²) in [6.45, 7) is 1.98. The molecule has 1 saturated heterocycles. The molecule has 2 aliphatic rings. The molecule has 2 aromatic carbocycles. The first-order chi connectivity index (χ1) is 12.6. The predicted octanol–water partition coefficient (Wildman–Crippen LogP) is 2.61.